The third-order valence-corrected chi connectivity index (χ3v) is 8.00. The number of halogens is 2. The van der Waals surface area contributed by atoms with Gasteiger partial charge in [0.15, 0.2) is 0 Å². The molecule has 2 aromatic carbocycles. The molecule has 5 nitrogen and oxygen atoms in total. The van der Waals surface area contributed by atoms with E-state index in [1.807, 2.05) is 39.8 Å². The van der Waals surface area contributed by atoms with Gasteiger partial charge >= 0.3 is 0 Å². The van der Waals surface area contributed by atoms with Gasteiger partial charge in [-0.2, -0.15) is 0 Å². The van der Waals surface area contributed by atoms with Crippen molar-refractivity contribution < 1.29 is 16.8 Å². The van der Waals surface area contributed by atoms with Crippen molar-refractivity contribution in [1.82, 2.24) is 0 Å². The van der Waals surface area contributed by atoms with Crippen LogP contribution in [0, 0.1) is 19.8 Å². The second-order valence-corrected chi connectivity index (χ2v) is 12.0. The Balaban J connectivity index is 2.68. The van der Waals surface area contributed by atoms with Crippen LogP contribution in [0.2, 0.25) is 0 Å². The van der Waals surface area contributed by atoms with Crippen molar-refractivity contribution in [2.75, 3.05) is 10.8 Å². The first-order valence-electron chi connectivity index (χ1n) is 8.18. The monoisotopic (exact) mass is 493 g/mol. The molecule has 0 fully saturated rings. The summed E-state index contributed by atoms with van der Waals surface area (Å²) in [5.41, 5.74) is 2.41. The molecule has 27 heavy (non-hydrogen) atoms. The van der Waals surface area contributed by atoms with Gasteiger partial charge in [0.2, 0.25) is 0 Å². The van der Waals surface area contributed by atoms with Gasteiger partial charge in [0.05, 0.1) is 15.5 Å². The zero-order valence-electron chi connectivity index (χ0n) is 15.4. The Hall–Kier alpha value is -1.09. The van der Waals surface area contributed by atoms with Crippen LogP contribution in [-0.2, 0) is 19.1 Å². The van der Waals surface area contributed by atoms with Crippen molar-refractivity contribution in [3.63, 3.8) is 0 Å². The molecule has 0 bridgehead atoms. The second-order valence-electron chi connectivity index (χ2n) is 6.75. The summed E-state index contributed by atoms with van der Waals surface area (Å²) in [4.78, 5) is -0.416. The average molecular weight is 495 g/mol. The Morgan fingerprint density at radius 1 is 1.04 bits per heavy atom. The van der Waals surface area contributed by atoms with E-state index in [-0.39, 0.29) is 26.7 Å². The fourth-order valence-corrected chi connectivity index (χ4v) is 6.61. The molecule has 0 radical (unpaired) electrons. The lowest BCUT2D eigenvalue weighted by molar-refractivity contribution is 0.577. The Morgan fingerprint density at radius 2 is 1.67 bits per heavy atom. The van der Waals surface area contributed by atoms with Gasteiger partial charge in [0.25, 0.3) is 19.1 Å². The molecule has 0 aliphatic heterocycles. The van der Waals surface area contributed by atoms with E-state index in [1.54, 1.807) is 6.07 Å². The lowest BCUT2D eigenvalue weighted by Gasteiger charge is -2.28. The van der Waals surface area contributed by atoms with Crippen LogP contribution in [-0.4, -0.2) is 23.4 Å². The van der Waals surface area contributed by atoms with E-state index in [4.69, 9.17) is 10.7 Å². The molecule has 0 saturated carbocycles. The molecule has 0 spiro atoms. The van der Waals surface area contributed by atoms with Crippen LogP contribution >= 0.6 is 26.6 Å². The first-order chi connectivity index (χ1) is 12.3. The Morgan fingerprint density at radius 3 is 2.19 bits per heavy atom. The molecule has 0 amide bonds. The predicted octanol–water partition coefficient (Wildman–Crippen LogP) is 4.84. The van der Waals surface area contributed by atoms with Crippen LogP contribution in [0.1, 0.15) is 25.0 Å². The molecule has 0 N–H and O–H groups in total. The van der Waals surface area contributed by atoms with E-state index in [0.717, 1.165) is 17.2 Å². The van der Waals surface area contributed by atoms with Gasteiger partial charge in [-0.25, -0.2) is 16.8 Å². The molecular weight excluding hydrogens is 474 g/mol. The highest BCUT2D eigenvalue weighted by molar-refractivity contribution is 9.10. The van der Waals surface area contributed by atoms with Crippen LogP contribution < -0.4 is 4.31 Å². The maximum atomic E-state index is 13.4. The maximum Gasteiger partial charge on any atom is 0.264 e. The molecule has 9 heteroatoms. The Kier molecular flexibility index (Phi) is 6.67. The summed E-state index contributed by atoms with van der Waals surface area (Å²) in [6, 6.07) is 9.34. The summed E-state index contributed by atoms with van der Waals surface area (Å²) in [6.07, 6.45) is 0. The second kappa shape index (κ2) is 8.11. The molecule has 148 valence electrons. The largest absolute Gasteiger partial charge is 0.266 e. The van der Waals surface area contributed by atoms with E-state index in [9.17, 15) is 16.8 Å². The van der Waals surface area contributed by atoms with Crippen LogP contribution in [0.25, 0.3) is 0 Å². The van der Waals surface area contributed by atoms with Crippen molar-refractivity contribution in [2.45, 2.75) is 37.5 Å². The minimum Gasteiger partial charge on any atom is -0.266 e. The number of nitrogens with zero attached hydrogens (tertiary/aromatic N) is 1. The lowest BCUT2D eigenvalue weighted by Crippen LogP contribution is -2.35. The zero-order chi connectivity index (χ0) is 20.6. The van der Waals surface area contributed by atoms with Crippen LogP contribution in [0.3, 0.4) is 0 Å². The third-order valence-electron chi connectivity index (χ3n) is 3.91. The third kappa shape index (κ3) is 5.04. The molecule has 0 aliphatic rings. The number of rotatable bonds is 6. The molecule has 0 atom stereocenters. The zero-order valence-corrected chi connectivity index (χ0v) is 19.4. The molecule has 0 aliphatic carbocycles. The molecule has 0 saturated heterocycles. The van der Waals surface area contributed by atoms with Gasteiger partial charge < -0.3 is 0 Å². The minimum absolute atomic E-state index is 0.0622. The number of sulfonamides is 1. The molecule has 2 aromatic rings. The van der Waals surface area contributed by atoms with Crippen LogP contribution in [0.5, 0.6) is 0 Å². The lowest BCUT2D eigenvalue weighted by atomic mass is 10.1. The molecule has 0 heterocycles. The number of hydrogen-bond acceptors (Lipinski definition) is 4. The first-order valence-corrected chi connectivity index (χ1v) is 12.7. The fraction of sp³-hybridized carbons (Fsp3) is 0.333. The molecule has 0 aromatic heterocycles. The molecular formula is C18H21BrClNO4S2. The van der Waals surface area contributed by atoms with E-state index < -0.39 is 19.1 Å². The van der Waals surface area contributed by atoms with Crippen LogP contribution in [0.15, 0.2) is 50.7 Å². The van der Waals surface area contributed by atoms with Crippen LogP contribution in [0.4, 0.5) is 5.69 Å². The van der Waals surface area contributed by atoms with Gasteiger partial charge in [0.1, 0.15) is 0 Å². The summed E-state index contributed by atoms with van der Waals surface area (Å²) in [6.45, 7) is 7.88. The number of hydrogen-bond donors (Lipinski definition) is 0. The summed E-state index contributed by atoms with van der Waals surface area (Å²) in [5, 5.41) is 0. The van der Waals surface area contributed by atoms with Crippen molar-refractivity contribution in [1.29, 1.82) is 0 Å². The first kappa shape index (κ1) is 22.2. The van der Waals surface area contributed by atoms with Gasteiger partial charge in [-0.15, -0.1) is 0 Å². The number of anilines is 1. The quantitative estimate of drug-likeness (QED) is 0.538. The normalized spacial score (nSPS) is 12.4. The SMILES string of the molecule is Cc1ccc(N(CC(C)C)S(=O)(=O)c2ccc(Br)c(S(=O)(=O)Cl)c2)c(C)c1. The van der Waals surface area contributed by atoms with E-state index in [1.165, 1.54) is 16.4 Å². The van der Waals surface area contributed by atoms with Gasteiger partial charge in [0, 0.05) is 21.7 Å². The maximum absolute atomic E-state index is 13.4. The topological polar surface area (TPSA) is 71.5 Å². The summed E-state index contributed by atoms with van der Waals surface area (Å²) in [5.74, 6) is 0.0622. The fourth-order valence-electron chi connectivity index (χ4n) is 2.70. The Bertz CT molecular complexity index is 1070. The van der Waals surface area contributed by atoms with Gasteiger partial charge in [-0.05, 0) is 65.5 Å². The predicted molar refractivity (Wildman–Crippen MR) is 112 cm³/mol. The highest BCUT2D eigenvalue weighted by Crippen LogP contribution is 2.32. The highest BCUT2D eigenvalue weighted by atomic mass is 79.9. The number of aryl methyl sites for hydroxylation is 2. The molecule has 2 rings (SSSR count). The summed E-state index contributed by atoms with van der Waals surface area (Å²) in [7, 11) is -2.65. The number of benzene rings is 2. The van der Waals surface area contributed by atoms with E-state index in [2.05, 4.69) is 15.9 Å². The highest BCUT2D eigenvalue weighted by Gasteiger charge is 2.29. The van der Waals surface area contributed by atoms with Crippen molar-refractivity contribution in [2.24, 2.45) is 5.92 Å². The van der Waals surface area contributed by atoms with Gasteiger partial charge in [-0.3, -0.25) is 4.31 Å². The average Bonchev–Trinajstić information content (AvgIpc) is 2.52. The van der Waals surface area contributed by atoms with Crippen molar-refractivity contribution >= 4 is 51.4 Å². The Labute approximate surface area is 173 Å². The minimum atomic E-state index is -4.10. The van der Waals surface area contributed by atoms with Crippen molar-refractivity contribution in [3.05, 3.63) is 52.0 Å². The summed E-state index contributed by atoms with van der Waals surface area (Å²) >= 11 is 3.10. The van der Waals surface area contributed by atoms with Gasteiger partial charge in [-0.1, -0.05) is 31.5 Å². The van der Waals surface area contributed by atoms with E-state index in [0.29, 0.717) is 5.69 Å². The smallest absolute Gasteiger partial charge is 0.264 e. The summed E-state index contributed by atoms with van der Waals surface area (Å²) < 4.78 is 51.8. The van der Waals surface area contributed by atoms with Crippen molar-refractivity contribution in [3.8, 4) is 0 Å². The molecule has 0 unspecified atom stereocenters. The standard InChI is InChI=1S/C18H21BrClNO4S2/c1-12(2)11-21(17-8-5-13(3)9-14(17)4)27(24,25)15-6-7-16(19)18(10-15)26(20,22)23/h5-10,12H,11H2,1-4H3. The van der Waals surface area contributed by atoms with E-state index >= 15 is 0 Å².